The summed E-state index contributed by atoms with van der Waals surface area (Å²) < 4.78 is 29.3. The fourth-order valence-corrected chi connectivity index (χ4v) is 6.98. The van der Waals surface area contributed by atoms with Gasteiger partial charge in [0.2, 0.25) is 4.34 Å². The van der Waals surface area contributed by atoms with Crippen LogP contribution in [0.25, 0.3) is 10.2 Å². The number of thiazole rings is 1. The zero-order valence-corrected chi connectivity index (χ0v) is 16.6. The summed E-state index contributed by atoms with van der Waals surface area (Å²) in [5.41, 5.74) is 0.737. The van der Waals surface area contributed by atoms with E-state index in [0.717, 1.165) is 35.9 Å². The monoisotopic (exact) mass is 404 g/mol. The highest BCUT2D eigenvalue weighted by Gasteiger charge is 2.28. The lowest BCUT2D eigenvalue weighted by molar-refractivity contribution is 0.419. The van der Waals surface area contributed by atoms with Crippen LogP contribution in [0, 0.1) is 0 Å². The fourth-order valence-electron chi connectivity index (χ4n) is 3.23. The number of hydrogen-bond acceptors (Lipinski definition) is 5. The van der Waals surface area contributed by atoms with Crippen LogP contribution in [0.2, 0.25) is 0 Å². The van der Waals surface area contributed by atoms with Crippen molar-refractivity contribution in [2.75, 3.05) is 0 Å². The lowest BCUT2D eigenvalue weighted by Gasteiger charge is -2.28. The normalized spacial score (nSPS) is 21.1. The third-order valence-electron chi connectivity index (χ3n) is 4.55. The molecule has 1 fully saturated rings. The Morgan fingerprint density at radius 3 is 2.38 bits per heavy atom. The molecule has 0 atom stereocenters. The van der Waals surface area contributed by atoms with Gasteiger partial charge < -0.3 is 0 Å². The van der Waals surface area contributed by atoms with Crippen LogP contribution >= 0.6 is 23.1 Å². The second-order valence-corrected chi connectivity index (χ2v) is 10.8. The maximum absolute atomic E-state index is 12.7. The molecule has 0 bridgehead atoms. The Morgan fingerprint density at radius 2 is 1.65 bits per heavy atom. The van der Waals surface area contributed by atoms with E-state index < -0.39 is 10.0 Å². The van der Waals surface area contributed by atoms with E-state index in [2.05, 4.69) is 34.0 Å². The molecule has 4 nitrogen and oxygen atoms in total. The third kappa shape index (κ3) is 4.11. The SMILES string of the molecule is O=S(=O)(NC1CCC(Sc2ccccc2)CC1)c1nc2ccccc2s1. The summed E-state index contributed by atoms with van der Waals surface area (Å²) in [6, 6.07) is 17.9. The van der Waals surface area contributed by atoms with Crippen LogP contribution in [0.1, 0.15) is 25.7 Å². The lowest BCUT2D eigenvalue weighted by atomic mass is 9.96. The summed E-state index contributed by atoms with van der Waals surface area (Å²) in [5.74, 6) is 0. The fraction of sp³-hybridized carbons (Fsp3) is 0.316. The number of fused-ring (bicyclic) bond motifs is 1. The highest BCUT2D eigenvalue weighted by molar-refractivity contribution is 8.00. The number of benzene rings is 2. The van der Waals surface area contributed by atoms with Crippen molar-refractivity contribution in [2.24, 2.45) is 0 Å². The van der Waals surface area contributed by atoms with E-state index in [-0.39, 0.29) is 10.4 Å². The zero-order valence-electron chi connectivity index (χ0n) is 14.2. The molecule has 0 unspecified atom stereocenters. The van der Waals surface area contributed by atoms with Gasteiger partial charge in [-0.25, -0.2) is 18.1 Å². The summed E-state index contributed by atoms with van der Waals surface area (Å²) in [4.78, 5) is 5.57. The van der Waals surface area contributed by atoms with Crippen molar-refractivity contribution >= 4 is 43.3 Å². The van der Waals surface area contributed by atoms with E-state index in [0.29, 0.717) is 5.25 Å². The minimum absolute atomic E-state index is 0.000337. The van der Waals surface area contributed by atoms with Gasteiger partial charge in [-0.05, 0) is 49.9 Å². The Bertz CT molecular complexity index is 945. The summed E-state index contributed by atoms with van der Waals surface area (Å²) in [5, 5.41) is 0.556. The summed E-state index contributed by atoms with van der Waals surface area (Å²) in [6.07, 6.45) is 3.78. The Labute approximate surface area is 162 Å². The average molecular weight is 405 g/mol. The van der Waals surface area contributed by atoms with E-state index >= 15 is 0 Å². The van der Waals surface area contributed by atoms with Crippen molar-refractivity contribution in [3.63, 3.8) is 0 Å². The maximum atomic E-state index is 12.7. The maximum Gasteiger partial charge on any atom is 0.268 e. The first-order chi connectivity index (χ1) is 12.6. The van der Waals surface area contributed by atoms with Gasteiger partial charge in [0.1, 0.15) is 0 Å². The molecule has 4 rings (SSSR count). The average Bonchev–Trinajstić information content (AvgIpc) is 3.09. The van der Waals surface area contributed by atoms with Gasteiger partial charge in [0.25, 0.3) is 10.0 Å². The molecule has 0 spiro atoms. The number of thioether (sulfide) groups is 1. The van der Waals surface area contributed by atoms with Crippen molar-refractivity contribution in [1.82, 2.24) is 9.71 Å². The number of hydrogen-bond donors (Lipinski definition) is 1. The van der Waals surface area contributed by atoms with Crippen molar-refractivity contribution in [3.8, 4) is 0 Å². The number of nitrogens with zero attached hydrogens (tertiary/aromatic N) is 1. The smallest absolute Gasteiger partial charge is 0.224 e. The van der Waals surface area contributed by atoms with E-state index in [1.165, 1.54) is 16.2 Å². The molecule has 26 heavy (non-hydrogen) atoms. The first kappa shape index (κ1) is 18.0. The van der Waals surface area contributed by atoms with E-state index in [1.807, 2.05) is 42.1 Å². The van der Waals surface area contributed by atoms with Gasteiger partial charge in [0.15, 0.2) is 0 Å². The number of nitrogens with one attached hydrogen (secondary N) is 1. The van der Waals surface area contributed by atoms with Crippen LogP contribution in [-0.4, -0.2) is 24.7 Å². The molecule has 0 amide bonds. The van der Waals surface area contributed by atoms with Crippen LogP contribution in [-0.2, 0) is 10.0 Å². The molecule has 3 aromatic rings. The molecule has 0 aliphatic heterocycles. The van der Waals surface area contributed by atoms with Crippen molar-refractivity contribution < 1.29 is 8.42 Å². The second-order valence-electron chi connectivity index (χ2n) is 6.47. The predicted octanol–water partition coefficient (Wildman–Crippen LogP) is 4.68. The highest BCUT2D eigenvalue weighted by Crippen LogP contribution is 2.34. The van der Waals surface area contributed by atoms with Gasteiger partial charge in [-0.1, -0.05) is 30.3 Å². The Kier molecular flexibility index (Phi) is 5.31. The minimum Gasteiger partial charge on any atom is -0.224 e. The number of para-hydroxylation sites is 1. The van der Waals surface area contributed by atoms with Crippen molar-refractivity contribution in [1.29, 1.82) is 0 Å². The molecular weight excluding hydrogens is 384 g/mol. The van der Waals surface area contributed by atoms with Crippen LogP contribution in [0.4, 0.5) is 0 Å². The van der Waals surface area contributed by atoms with Crippen LogP contribution in [0.3, 0.4) is 0 Å². The van der Waals surface area contributed by atoms with E-state index in [9.17, 15) is 8.42 Å². The molecule has 0 radical (unpaired) electrons. The third-order valence-corrected chi connectivity index (χ3v) is 8.83. The first-order valence-electron chi connectivity index (χ1n) is 8.70. The van der Waals surface area contributed by atoms with Gasteiger partial charge >= 0.3 is 0 Å². The van der Waals surface area contributed by atoms with Gasteiger partial charge in [0, 0.05) is 16.2 Å². The topological polar surface area (TPSA) is 59.1 Å². The van der Waals surface area contributed by atoms with Crippen LogP contribution < -0.4 is 4.72 Å². The summed E-state index contributed by atoms with van der Waals surface area (Å²) >= 11 is 3.13. The van der Waals surface area contributed by atoms with Crippen molar-refractivity contribution in [2.45, 2.75) is 46.2 Å². The van der Waals surface area contributed by atoms with E-state index in [1.54, 1.807) is 0 Å². The summed E-state index contributed by atoms with van der Waals surface area (Å²) in [6.45, 7) is 0. The van der Waals surface area contributed by atoms with Crippen LogP contribution in [0.5, 0.6) is 0 Å². The molecule has 1 aliphatic rings. The standard InChI is InChI=1S/C19H20N2O2S3/c22-26(23,19-20-17-8-4-5-9-18(17)25-19)21-14-10-12-16(13-11-14)24-15-6-2-1-3-7-15/h1-9,14,16,21H,10-13H2. The molecule has 1 saturated carbocycles. The second kappa shape index (κ2) is 7.68. The summed E-state index contributed by atoms with van der Waals surface area (Å²) in [7, 11) is -3.55. The van der Waals surface area contributed by atoms with Crippen LogP contribution in [0.15, 0.2) is 63.8 Å². The molecule has 136 valence electrons. The lowest BCUT2D eigenvalue weighted by Crippen LogP contribution is -2.38. The quantitative estimate of drug-likeness (QED) is 0.671. The molecule has 1 heterocycles. The minimum atomic E-state index is -3.55. The number of rotatable bonds is 5. The molecule has 1 aromatic heterocycles. The number of sulfonamides is 1. The zero-order chi connectivity index (χ0) is 18.0. The number of aromatic nitrogens is 1. The van der Waals surface area contributed by atoms with Gasteiger partial charge in [-0.2, -0.15) is 0 Å². The van der Waals surface area contributed by atoms with Gasteiger partial charge in [-0.3, -0.25) is 0 Å². The molecule has 1 aliphatic carbocycles. The Balaban J connectivity index is 1.37. The predicted molar refractivity (Wildman–Crippen MR) is 108 cm³/mol. The van der Waals surface area contributed by atoms with E-state index in [4.69, 9.17) is 0 Å². The Morgan fingerprint density at radius 1 is 0.962 bits per heavy atom. The Hall–Kier alpha value is -1.41. The first-order valence-corrected chi connectivity index (χ1v) is 11.9. The van der Waals surface area contributed by atoms with Gasteiger partial charge in [0.05, 0.1) is 10.2 Å². The van der Waals surface area contributed by atoms with Gasteiger partial charge in [-0.15, -0.1) is 23.1 Å². The molecular formula is C19H20N2O2S3. The highest BCUT2D eigenvalue weighted by atomic mass is 32.2. The molecule has 1 N–H and O–H groups in total. The molecule has 7 heteroatoms. The largest absolute Gasteiger partial charge is 0.268 e. The molecule has 2 aromatic carbocycles. The van der Waals surface area contributed by atoms with Crippen molar-refractivity contribution in [3.05, 3.63) is 54.6 Å². The molecule has 0 saturated heterocycles.